The molecule has 0 saturated carbocycles. The zero-order chi connectivity index (χ0) is 27.1. The molecule has 1 N–H and O–H groups in total. The minimum atomic E-state index is -0.556. The van der Waals surface area contributed by atoms with Crippen molar-refractivity contribution >= 4 is 72.9 Å². The Hall–Kier alpha value is -3.68. The number of ether oxygens (including phenoxy) is 2. The second-order valence-electron chi connectivity index (χ2n) is 8.21. The SMILES string of the molecule is CCOC(=O)c1ccc(NC(=O)/C(C#N)=C/c2cc(Br)c(OCc3ccc4ccccc4c3)c(I)c2)cc1. The highest BCUT2D eigenvalue weighted by molar-refractivity contribution is 14.1. The highest BCUT2D eigenvalue weighted by Gasteiger charge is 2.14. The van der Waals surface area contributed by atoms with Gasteiger partial charge in [0.25, 0.3) is 5.91 Å². The van der Waals surface area contributed by atoms with E-state index in [0.717, 1.165) is 14.5 Å². The van der Waals surface area contributed by atoms with Gasteiger partial charge in [0.1, 0.15) is 24.0 Å². The lowest BCUT2D eigenvalue weighted by Gasteiger charge is -2.12. The van der Waals surface area contributed by atoms with Crippen molar-refractivity contribution in [1.29, 1.82) is 5.26 Å². The van der Waals surface area contributed by atoms with Gasteiger partial charge in [0.15, 0.2) is 0 Å². The monoisotopic (exact) mass is 680 g/mol. The van der Waals surface area contributed by atoms with Crippen molar-refractivity contribution in [2.45, 2.75) is 13.5 Å². The summed E-state index contributed by atoms with van der Waals surface area (Å²) in [5, 5.41) is 14.6. The van der Waals surface area contributed by atoms with Gasteiger partial charge < -0.3 is 14.8 Å². The van der Waals surface area contributed by atoms with Crippen molar-refractivity contribution in [2.75, 3.05) is 11.9 Å². The Bertz CT molecular complexity index is 1550. The molecule has 1 amide bonds. The number of carbonyl (C=O) groups excluding carboxylic acids is 2. The third kappa shape index (κ3) is 6.79. The lowest BCUT2D eigenvalue weighted by Crippen LogP contribution is -2.13. The number of esters is 1. The van der Waals surface area contributed by atoms with Crippen LogP contribution < -0.4 is 10.1 Å². The van der Waals surface area contributed by atoms with E-state index in [9.17, 15) is 14.9 Å². The van der Waals surface area contributed by atoms with Crippen LogP contribution in [-0.4, -0.2) is 18.5 Å². The standard InChI is InChI=1S/C30H22BrIN2O4/c1-2-37-30(36)22-9-11-25(12-10-22)34-29(35)24(17-33)14-20-15-26(31)28(27(32)16-20)38-18-19-7-8-21-5-3-4-6-23(21)13-19/h3-16H,2,18H2,1H3,(H,34,35)/b24-14+. The molecule has 0 aliphatic carbocycles. The number of amides is 1. The first-order valence-electron chi connectivity index (χ1n) is 11.7. The number of anilines is 1. The van der Waals surface area contributed by atoms with Crippen LogP contribution in [0, 0.1) is 14.9 Å². The number of rotatable bonds is 8. The predicted molar refractivity (Wildman–Crippen MR) is 160 cm³/mol. The van der Waals surface area contributed by atoms with Crippen LogP contribution in [-0.2, 0) is 16.1 Å². The molecule has 0 bridgehead atoms. The van der Waals surface area contributed by atoms with E-state index in [1.54, 1.807) is 37.3 Å². The maximum atomic E-state index is 12.7. The molecule has 0 aliphatic rings. The maximum Gasteiger partial charge on any atom is 0.338 e. The molecule has 38 heavy (non-hydrogen) atoms. The predicted octanol–water partition coefficient (Wildman–Crippen LogP) is 7.51. The van der Waals surface area contributed by atoms with Crippen LogP contribution in [0.2, 0.25) is 0 Å². The Morgan fingerprint density at radius 3 is 2.45 bits per heavy atom. The molecule has 0 radical (unpaired) electrons. The molecule has 0 atom stereocenters. The highest BCUT2D eigenvalue weighted by atomic mass is 127. The van der Waals surface area contributed by atoms with Crippen molar-refractivity contribution in [3.8, 4) is 11.8 Å². The van der Waals surface area contributed by atoms with E-state index < -0.39 is 11.9 Å². The van der Waals surface area contributed by atoms with Gasteiger partial charge in [-0.1, -0.05) is 36.4 Å². The summed E-state index contributed by atoms with van der Waals surface area (Å²) in [6, 6.07) is 26.3. The summed E-state index contributed by atoms with van der Waals surface area (Å²) in [6.45, 7) is 2.41. The molecular weight excluding hydrogens is 659 g/mol. The third-order valence-corrected chi connectivity index (χ3v) is 6.94. The second kappa shape index (κ2) is 12.7. The molecule has 4 aromatic carbocycles. The van der Waals surface area contributed by atoms with E-state index in [2.05, 4.69) is 68.1 Å². The summed E-state index contributed by atoms with van der Waals surface area (Å²) >= 11 is 5.74. The largest absolute Gasteiger partial charge is 0.487 e. The number of halogens is 2. The second-order valence-corrected chi connectivity index (χ2v) is 10.2. The summed E-state index contributed by atoms with van der Waals surface area (Å²) in [5.74, 6) is -0.312. The number of carbonyl (C=O) groups is 2. The molecule has 6 nitrogen and oxygen atoms in total. The Kier molecular flexibility index (Phi) is 9.15. The zero-order valence-electron chi connectivity index (χ0n) is 20.3. The van der Waals surface area contributed by atoms with Crippen molar-refractivity contribution in [1.82, 2.24) is 0 Å². The number of hydrogen-bond donors (Lipinski definition) is 1. The lowest BCUT2D eigenvalue weighted by atomic mass is 10.1. The van der Waals surface area contributed by atoms with Crippen LogP contribution in [0.15, 0.2) is 88.9 Å². The Labute approximate surface area is 242 Å². The lowest BCUT2D eigenvalue weighted by molar-refractivity contribution is -0.112. The Balaban J connectivity index is 1.45. The number of nitrogens with zero attached hydrogens (tertiary/aromatic N) is 1. The number of fused-ring (bicyclic) bond motifs is 1. The first-order valence-corrected chi connectivity index (χ1v) is 13.5. The summed E-state index contributed by atoms with van der Waals surface area (Å²) in [7, 11) is 0. The van der Waals surface area contributed by atoms with Crippen LogP contribution in [0.1, 0.15) is 28.4 Å². The average molecular weight is 681 g/mol. The fraction of sp³-hybridized carbons (Fsp3) is 0.100. The van der Waals surface area contributed by atoms with E-state index in [1.807, 2.05) is 30.3 Å². The molecular formula is C30H22BrIN2O4. The van der Waals surface area contributed by atoms with Gasteiger partial charge in [0, 0.05) is 5.69 Å². The summed E-state index contributed by atoms with van der Waals surface area (Å²) in [6.07, 6.45) is 1.52. The molecule has 4 rings (SSSR count). The first kappa shape index (κ1) is 27.4. The summed E-state index contributed by atoms with van der Waals surface area (Å²) in [4.78, 5) is 24.5. The van der Waals surface area contributed by atoms with E-state index in [1.165, 1.54) is 11.5 Å². The average Bonchev–Trinajstić information content (AvgIpc) is 2.91. The minimum absolute atomic E-state index is 0.0630. The normalized spacial score (nSPS) is 11.1. The molecule has 0 aliphatic heterocycles. The fourth-order valence-corrected chi connectivity index (χ4v) is 5.47. The number of benzene rings is 4. The molecule has 8 heteroatoms. The van der Waals surface area contributed by atoms with Crippen molar-refractivity contribution < 1.29 is 19.1 Å². The molecule has 0 aromatic heterocycles. The van der Waals surface area contributed by atoms with Gasteiger partial charge in [0.05, 0.1) is 20.2 Å². The Morgan fingerprint density at radius 2 is 1.76 bits per heavy atom. The quantitative estimate of drug-likeness (QED) is 0.0901. The van der Waals surface area contributed by atoms with Crippen molar-refractivity contribution in [2.24, 2.45) is 0 Å². The van der Waals surface area contributed by atoms with Crippen LogP contribution >= 0.6 is 38.5 Å². The number of nitriles is 1. The van der Waals surface area contributed by atoms with Gasteiger partial charge in [-0.15, -0.1) is 0 Å². The van der Waals surface area contributed by atoms with Crippen LogP contribution in [0.3, 0.4) is 0 Å². The van der Waals surface area contributed by atoms with E-state index in [-0.39, 0.29) is 12.2 Å². The van der Waals surface area contributed by atoms with Crippen LogP contribution in [0.4, 0.5) is 5.69 Å². The van der Waals surface area contributed by atoms with Gasteiger partial charge in [-0.05, 0) is 116 Å². The van der Waals surface area contributed by atoms with Gasteiger partial charge in [-0.2, -0.15) is 5.26 Å². The van der Waals surface area contributed by atoms with E-state index >= 15 is 0 Å². The molecule has 0 heterocycles. The topological polar surface area (TPSA) is 88.4 Å². The number of nitrogens with one attached hydrogen (secondary N) is 1. The first-order chi connectivity index (χ1) is 18.4. The zero-order valence-corrected chi connectivity index (χ0v) is 24.1. The van der Waals surface area contributed by atoms with Crippen molar-refractivity contribution in [3.63, 3.8) is 0 Å². The maximum absolute atomic E-state index is 12.7. The molecule has 190 valence electrons. The van der Waals surface area contributed by atoms with E-state index in [0.29, 0.717) is 33.6 Å². The smallest absolute Gasteiger partial charge is 0.338 e. The summed E-state index contributed by atoms with van der Waals surface area (Å²) in [5.41, 5.74) is 2.49. The summed E-state index contributed by atoms with van der Waals surface area (Å²) < 4.78 is 12.6. The van der Waals surface area contributed by atoms with Crippen molar-refractivity contribution in [3.05, 3.63) is 109 Å². The van der Waals surface area contributed by atoms with Gasteiger partial charge in [-0.3, -0.25) is 4.79 Å². The molecule has 4 aromatic rings. The highest BCUT2D eigenvalue weighted by Crippen LogP contribution is 2.33. The molecule has 0 spiro atoms. The fourth-order valence-electron chi connectivity index (χ4n) is 3.70. The number of hydrogen-bond acceptors (Lipinski definition) is 5. The molecule has 0 saturated heterocycles. The van der Waals surface area contributed by atoms with Crippen LogP contribution in [0.25, 0.3) is 16.8 Å². The van der Waals surface area contributed by atoms with E-state index in [4.69, 9.17) is 9.47 Å². The van der Waals surface area contributed by atoms with Gasteiger partial charge in [-0.25, -0.2) is 4.79 Å². The molecule has 0 fully saturated rings. The Morgan fingerprint density at radius 1 is 1.03 bits per heavy atom. The molecule has 0 unspecified atom stereocenters. The van der Waals surface area contributed by atoms with Crippen LogP contribution in [0.5, 0.6) is 5.75 Å². The third-order valence-electron chi connectivity index (χ3n) is 5.55. The van der Waals surface area contributed by atoms with Gasteiger partial charge >= 0.3 is 5.97 Å². The van der Waals surface area contributed by atoms with Gasteiger partial charge in [0.2, 0.25) is 0 Å². The minimum Gasteiger partial charge on any atom is -0.487 e.